The Morgan fingerprint density at radius 3 is 2.33 bits per heavy atom. The van der Waals surface area contributed by atoms with E-state index in [-0.39, 0.29) is 10.9 Å². The van der Waals surface area contributed by atoms with Gasteiger partial charge in [0.15, 0.2) is 0 Å². The first kappa shape index (κ1) is 17.4. The fourth-order valence-electron chi connectivity index (χ4n) is 3.16. The van der Waals surface area contributed by atoms with E-state index in [9.17, 15) is 13.0 Å². The van der Waals surface area contributed by atoms with Crippen molar-refractivity contribution in [1.29, 1.82) is 0 Å². The first-order chi connectivity index (χ1) is 13.0. The minimum atomic E-state index is -4.23. The Morgan fingerprint density at radius 1 is 0.963 bits per heavy atom. The van der Waals surface area contributed by atoms with Crippen LogP contribution in [0.15, 0.2) is 89.1 Å². The summed E-state index contributed by atoms with van der Waals surface area (Å²) in [4.78, 5) is 4.07. The van der Waals surface area contributed by atoms with Crippen molar-refractivity contribution in [2.45, 2.75) is 17.4 Å². The molecule has 0 fully saturated rings. The predicted octanol–water partition coefficient (Wildman–Crippen LogP) is 3.68. The van der Waals surface area contributed by atoms with E-state index in [1.54, 1.807) is 18.3 Å². The Balaban J connectivity index is 1.74. The second-order valence-electron chi connectivity index (χ2n) is 6.23. The Bertz CT molecular complexity index is 1070. The van der Waals surface area contributed by atoms with Gasteiger partial charge >= 0.3 is 0 Å². The molecule has 0 aliphatic carbocycles. The lowest BCUT2D eigenvalue weighted by Gasteiger charge is -2.23. The van der Waals surface area contributed by atoms with Crippen LogP contribution in [0.2, 0.25) is 0 Å². The number of hydrazone groups is 1. The van der Waals surface area contributed by atoms with Gasteiger partial charge in [-0.2, -0.15) is 13.5 Å². The van der Waals surface area contributed by atoms with Crippen LogP contribution in [-0.2, 0) is 10.1 Å². The van der Waals surface area contributed by atoms with Gasteiger partial charge in [0, 0.05) is 18.8 Å². The van der Waals surface area contributed by atoms with Gasteiger partial charge in [-0.3, -0.25) is 14.5 Å². The zero-order chi connectivity index (χ0) is 18.9. The van der Waals surface area contributed by atoms with Gasteiger partial charge in [-0.1, -0.05) is 36.4 Å². The lowest BCUT2D eigenvalue weighted by Crippen LogP contribution is -2.18. The summed E-state index contributed by atoms with van der Waals surface area (Å²) < 4.78 is 31.8. The highest BCUT2D eigenvalue weighted by Crippen LogP contribution is 2.36. The maximum absolute atomic E-state index is 11.3. The highest BCUT2D eigenvalue weighted by atomic mass is 32.2. The molecule has 2 aromatic carbocycles. The molecule has 0 unspecified atom stereocenters. The summed E-state index contributed by atoms with van der Waals surface area (Å²) >= 11 is 0. The molecule has 1 aliphatic heterocycles. The summed E-state index contributed by atoms with van der Waals surface area (Å²) in [5, 5.41) is 6.66. The van der Waals surface area contributed by atoms with Crippen LogP contribution in [0.3, 0.4) is 0 Å². The van der Waals surface area contributed by atoms with Crippen molar-refractivity contribution in [3.05, 3.63) is 90.3 Å². The van der Waals surface area contributed by atoms with Crippen molar-refractivity contribution < 1.29 is 13.0 Å². The number of aromatic nitrogens is 1. The second-order valence-corrected chi connectivity index (χ2v) is 7.65. The van der Waals surface area contributed by atoms with E-state index < -0.39 is 10.1 Å². The Morgan fingerprint density at radius 2 is 1.70 bits per heavy atom. The van der Waals surface area contributed by atoms with Crippen LogP contribution in [0.4, 0.5) is 5.69 Å². The van der Waals surface area contributed by atoms with Gasteiger partial charge in [0.25, 0.3) is 10.1 Å². The zero-order valence-corrected chi connectivity index (χ0v) is 15.1. The third-order valence-corrected chi connectivity index (χ3v) is 5.35. The summed E-state index contributed by atoms with van der Waals surface area (Å²) in [5.41, 5.74) is 3.75. The lowest BCUT2D eigenvalue weighted by atomic mass is 9.99. The molecule has 0 saturated heterocycles. The third-order valence-electron chi connectivity index (χ3n) is 4.49. The molecule has 2 heterocycles. The van der Waals surface area contributed by atoms with Gasteiger partial charge in [-0.05, 0) is 41.5 Å². The molecule has 1 aliphatic rings. The van der Waals surface area contributed by atoms with E-state index in [1.165, 1.54) is 12.1 Å². The summed E-state index contributed by atoms with van der Waals surface area (Å²) in [6.07, 6.45) is 4.24. The molecule has 4 rings (SSSR count). The first-order valence-corrected chi connectivity index (χ1v) is 9.86. The normalized spacial score (nSPS) is 17.0. The highest BCUT2D eigenvalue weighted by molar-refractivity contribution is 7.85. The maximum atomic E-state index is 11.3. The molecule has 3 aromatic rings. The molecule has 0 bridgehead atoms. The van der Waals surface area contributed by atoms with E-state index in [2.05, 4.69) is 4.98 Å². The van der Waals surface area contributed by atoms with E-state index in [0.29, 0.717) is 6.42 Å². The first-order valence-electron chi connectivity index (χ1n) is 8.42. The molecule has 1 N–H and O–H groups in total. The summed E-state index contributed by atoms with van der Waals surface area (Å²) in [6.45, 7) is 0. The number of hydrogen-bond donors (Lipinski definition) is 1. The lowest BCUT2D eigenvalue weighted by molar-refractivity contribution is 0.483. The minimum Gasteiger partial charge on any atom is -0.282 e. The van der Waals surface area contributed by atoms with Gasteiger partial charge < -0.3 is 0 Å². The van der Waals surface area contributed by atoms with Crippen molar-refractivity contribution in [3.8, 4) is 0 Å². The van der Waals surface area contributed by atoms with Crippen molar-refractivity contribution in [2.24, 2.45) is 5.10 Å². The highest BCUT2D eigenvalue weighted by Gasteiger charge is 2.30. The maximum Gasteiger partial charge on any atom is 0.294 e. The number of hydrogen-bond acceptors (Lipinski definition) is 5. The number of pyridine rings is 1. The molecule has 7 heteroatoms. The molecule has 1 aromatic heterocycles. The molecule has 0 saturated carbocycles. The molecule has 27 heavy (non-hydrogen) atoms. The number of nitrogens with zero attached hydrogens (tertiary/aromatic N) is 3. The molecule has 6 nitrogen and oxygen atoms in total. The van der Waals surface area contributed by atoms with Gasteiger partial charge in [-0.25, -0.2) is 0 Å². The predicted molar refractivity (Wildman–Crippen MR) is 103 cm³/mol. The molecule has 0 radical (unpaired) electrons. The van der Waals surface area contributed by atoms with Crippen molar-refractivity contribution in [3.63, 3.8) is 0 Å². The SMILES string of the molecule is O=S(=O)(O)c1ccc(N2N=C(c3ccccc3)C[C@H]2c2cccnc2)cc1. The molecule has 136 valence electrons. The van der Waals surface area contributed by atoms with Gasteiger partial charge in [0.2, 0.25) is 0 Å². The van der Waals surface area contributed by atoms with Crippen LogP contribution >= 0.6 is 0 Å². The van der Waals surface area contributed by atoms with Crippen LogP contribution in [0.1, 0.15) is 23.6 Å². The summed E-state index contributed by atoms with van der Waals surface area (Å²) in [5.74, 6) is 0. The Kier molecular flexibility index (Phi) is 4.47. The topological polar surface area (TPSA) is 82.9 Å². The average molecular weight is 379 g/mol. The minimum absolute atomic E-state index is 0.0505. The van der Waals surface area contributed by atoms with Crippen LogP contribution in [0.5, 0.6) is 0 Å². The quantitative estimate of drug-likeness (QED) is 0.699. The molecule has 0 spiro atoms. The van der Waals surface area contributed by atoms with Crippen LogP contribution < -0.4 is 5.01 Å². The van der Waals surface area contributed by atoms with Crippen LogP contribution in [0.25, 0.3) is 0 Å². The van der Waals surface area contributed by atoms with Gasteiger partial charge in [0.05, 0.1) is 22.3 Å². The number of benzene rings is 2. The van der Waals surface area contributed by atoms with E-state index in [1.807, 2.05) is 53.7 Å². The standard InChI is InChI=1S/C20H17N3O3S/c24-27(25,26)18-10-8-17(9-11-18)23-20(16-7-4-12-21-14-16)13-19(22-23)15-5-2-1-3-6-15/h1-12,14,20H,13H2,(H,24,25,26)/t20-/m0/s1. The molecular formula is C20H17N3O3S. The van der Waals surface area contributed by atoms with Crippen molar-refractivity contribution in [1.82, 2.24) is 4.98 Å². The second kappa shape index (κ2) is 6.94. The number of anilines is 1. The van der Waals surface area contributed by atoms with Gasteiger partial charge in [0.1, 0.15) is 0 Å². The monoisotopic (exact) mass is 379 g/mol. The zero-order valence-electron chi connectivity index (χ0n) is 14.3. The Hall–Kier alpha value is -3.03. The summed E-state index contributed by atoms with van der Waals surface area (Å²) in [7, 11) is -4.23. The molecule has 0 amide bonds. The van der Waals surface area contributed by atoms with Crippen LogP contribution in [-0.4, -0.2) is 23.7 Å². The van der Waals surface area contributed by atoms with Crippen molar-refractivity contribution in [2.75, 3.05) is 5.01 Å². The van der Waals surface area contributed by atoms with E-state index in [4.69, 9.17) is 5.10 Å². The van der Waals surface area contributed by atoms with Crippen LogP contribution in [0, 0.1) is 0 Å². The van der Waals surface area contributed by atoms with Crippen molar-refractivity contribution >= 4 is 21.5 Å². The Labute approximate surface area is 157 Å². The largest absolute Gasteiger partial charge is 0.294 e. The molecule has 1 atom stereocenters. The number of rotatable bonds is 4. The third kappa shape index (κ3) is 3.60. The smallest absolute Gasteiger partial charge is 0.282 e. The molecular weight excluding hydrogens is 362 g/mol. The fourth-order valence-corrected chi connectivity index (χ4v) is 3.64. The average Bonchev–Trinajstić information content (AvgIpc) is 3.14. The summed E-state index contributed by atoms with van der Waals surface area (Å²) in [6, 6.07) is 19.8. The van der Waals surface area contributed by atoms with E-state index >= 15 is 0 Å². The van der Waals surface area contributed by atoms with E-state index in [0.717, 1.165) is 22.5 Å². The van der Waals surface area contributed by atoms with Gasteiger partial charge in [-0.15, -0.1) is 0 Å². The fraction of sp³-hybridized carbons (Fsp3) is 0.100.